The molecule has 0 aliphatic carbocycles. The van der Waals surface area contributed by atoms with Crippen LogP contribution in [0.4, 0.5) is 0 Å². The van der Waals surface area contributed by atoms with Crippen LogP contribution in [0.3, 0.4) is 0 Å². The summed E-state index contributed by atoms with van der Waals surface area (Å²) >= 11 is 0. The van der Waals surface area contributed by atoms with Gasteiger partial charge in [0.1, 0.15) is 0 Å². The van der Waals surface area contributed by atoms with Crippen molar-refractivity contribution in [3.8, 4) is 0 Å². The Bertz CT molecular complexity index is 249. The first-order chi connectivity index (χ1) is 7.22. The molecule has 2 nitrogen and oxygen atoms in total. The zero-order chi connectivity index (χ0) is 11.5. The minimum Gasteiger partial charge on any atom is -0.463 e. The standard InChI is InChI=1S/C13H20O2/c1-4-6-7-8-9-10-11-12(3)13(14)15-5-2/h4,6-7,11H,1,5,8-10H2,2-3H3/b7-6+,12-11+. The highest BCUT2D eigenvalue weighted by Crippen LogP contribution is 2.03. The second-order valence-electron chi connectivity index (χ2n) is 3.20. The van der Waals surface area contributed by atoms with Gasteiger partial charge in [0, 0.05) is 5.57 Å². The van der Waals surface area contributed by atoms with Crippen LogP contribution in [-0.2, 0) is 9.53 Å². The first-order valence-corrected chi connectivity index (χ1v) is 5.33. The quantitative estimate of drug-likeness (QED) is 0.277. The Kier molecular flexibility index (Phi) is 8.44. The van der Waals surface area contributed by atoms with Crippen LogP contribution in [0.25, 0.3) is 0 Å². The molecule has 0 saturated heterocycles. The first-order valence-electron chi connectivity index (χ1n) is 5.33. The average Bonchev–Trinajstić information content (AvgIpc) is 2.23. The maximum absolute atomic E-state index is 11.2. The van der Waals surface area contributed by atoms with Gasteiger partial charge in [0.2, 0.25) is 0 Å². The van der Waals surface area contributed by atoms with Gasteiger partial charge in [-0.05, 0) is 33.1 Å². The Morgan fingerprint density at radius 2 is 2.13 bits per heavy atom. The Hall–Kier alpha value is -1.31. The van der Waals surface area contributed by atoms with Crippen LogP contribution in [0.1, 0.15) is 33.1 Å². The van der Waals surface area contributed by atoms with E-state index in [0.717, 1.165) is 19.3 Å². The van der Waals surface area contributed by atoms with Crippen molar-refractivity contribution in [2.24, 2.45) is 0 Å². The van der Waals surface area contributed by atoms with Gasteiger partial charge in [0.15, 0.2) is 0 Å². The summed E-state index contributed by atoms with van der Waals surface area (Å²) in [6.45, 7) is 7.63. The van der Waals surface area contributed by atoms with Crippen LogP contribution in [-0.4, -0.2) is 12.6 Å². The molecule has 0 aliphatic rings. The normalized spacial score (nSPS) is 11.7. The van der Waals surface area contributed by atoms with Crippen molar-refractivity contribution in [3.63, 3.8) is 0 Å². The SMILES string of the molecule is C=C/C=C/CCC/C=C(\C)C(=O)OCC. The van der Waals surface area contributed by atoms with E-state index < -0.39 is 0 Å². The van der Waals surface area contributed by atoms with Crippen molar-refractivity contribution in [1.82, 2.24) is 0 Å². The highest BCUT2D eigenvalue weighted by molar-refractivity contribution is 5.87. The minimum atomic E-state index is -0.209. The van der Waals surface area contributed by atoms with E-state index >= 15 is 0 Å². The van der Waals surface area contributed by atoms with Gasteiger partial charge in [-0.2, -0.15) is 0 Å². The van der Waals surface area contributed by atoms with Crippen LogP contribution >= 0.6 is 0 Å². The molecule has 0 amide bonds. The monoisotopic (exact) mass is 208 g/mol. The van der Waals surface area contributed by atoms with Crippen molar-refractivity contribution in [1.29, 1.82) is 0 Å². The molecule has 0 bridgehead atoms. The highest BCUT2D eigenvalue weighted by atomic mass is 16.5. The Morgan fingerprint density at radius 3 is 2.73 bits per heavy atom. The number of esters is 1. The molecule has 0 aromatic rings. The molecular weight excluding hydrogens is 188 g/mol. The summed E-state index contributed by atoms with van der Waals surface area (Å²) in [5.74, 6) is -0.209. The predicted octanol–water partition coefficient (Wildman–Crippen LogP) is 3.41. The molecule has 0 saturated carbocycles. The van der Waals surface area contributed by atoms with Gasteiger partial charge >= 0.3 is 5.97 Å². The van der Waals surface area contributed by atoms with Gasteiger partial charge in [0.25, 0.3) is 0 Å². The summed E-state index contributed by atoms with van der Waals surface area (Å²) in [6.07, 6.45) is 10.7. The van der Waals surface area contributed by atoms with E-state index in [4.69, 9.17) is 4.74 Å². The molecular formula is C13H20O2. The molecule has 0 aliphatic heterocycles. The molecule has 15 heavy (non-hydrogen) atoms. The second-order valence-corrected chi connectivity index (χ2v) is 3.20. The Labute approximate surface area is 92.3 Å². The van der Waals surface area contributed by atoms with Gasteiger partial charge in [-0.1, -0.05) is 30.9 Å². The third-order valence-corrected chi connectivity index (χ3v) is 1.90. The molecule has 2 heteroatoms. The second kappa shape index (κ2) is 9.25. The van der Waals surface area contributed by atoms with Crippen LogP contribution < -0.4 is 0 Å². The molecule has 0 atom stereocenters. The fraction of sp³-hybridized carbons (Fsp3) is 0.462. The number of allylic oxidation sites excluding steroid dienone is 4. The summed E-state index contributed by atoms with van der Waals surface area (Å²) in [7, 11) is 0. The molecule has 0 fully saturated rings. The van der Waals surface area contributed by atoms with E-state index in [-0.39, 0.29) is 5.97 Å². The molecule has 84 valence electrons. The third-order valence-electron chi connectivity index (χ3n) is 1.90. The van der Waals surface area contributed by atoms with Crippen LogP contribution in [0.5, 0.6) is 0 Å². The van der Waals surface area contributed by atoms with Crippen molar-refractivity contribution < 1.29 is 9.53 Å². The molecule has 0 radical (unpaired) electrons. The van der Waals surface area contributed by atoms with Crippen LogP contribution in [0, 0.1) is 0 Å². The lowest BCUT2D eigenvalue weighted by atomic mass is 10.1. The van der Waals surface area contributed by atoms with Crippen molar-refractivity contribution in [2.45, 2.75) is 33.1 Å². The topological polar surface area (TPSA) is 26.3 Å². The Morgan fingerprint density at radius 1 is 1.40 bits per heavy atom. The zero-order valence-electron chi connectivity index (χ0n) is 9.66. The van der Waals surface area contributed by atoms with Crippen molar-refractivity contribution in [2.75, 3.05) is 6.61 Å². The molecule has 0 unspecified atom stereocenters. The average molecular weight is 208 g/mol. The van der Waals surface area contributed by atoms with Crippen molar-refractivity contribution >= 4 is 5.97 Å². The molecule has 0 spiro atoms. The summed E-state index contributed by atoms with van der Waals surface area (Å²) < 4.78 is 4.86. The summed E-state index contributed by atoms with van der Waals surface area (Å²) in [4.78, 5) is 11.2. The third kappa shape index (κ3) is 7.74. The smallest absolute Gasteiger partial charge is 0.333 e. The minimum absolute atomic E-state index is 0.209. The number of hydrogen-bond donors (Lipinski definition) is 0. The lowest BCUT2D eigenvalue weighted by Gasteiger charge is -2.00. The van der Waals surface area contributed by atoms with E-state index in [9.17, 15) is 4.79 Å². The van der Waals surface area contributed by atoms with E-state index in [2.05, 4.69) is 12.7 Å². The molecule has 0 aromatic carbocycles. The maximum atomic E-state index is 11.2. The molecule has 0 N–H and O–H groups in total. The number of ether oxygens (including phenoxy) is 1. The van der Waals surface area contributed by atoms with E-state index in [1.807, 2.05) is 19.1 Å². The summed E-state index contributed by atoms with van der Waals surface area (Å²) in [5.41, 5.74) is 0.699. The number of rotatable bonds is 7. The fourth-order valence-electron chi connectivity index (χ4n) is 1.07. The van der Waals surface area contributed by atoms with E-state index in [1.54, 1.807) is 13.0 Å². The lowest BCUT2D eigenvalue weighted by molar-refractivity contribution is -0.138. The van der Waals surface area contributed by atoms with Gasteiger partial charge < -0.3 is 4.74 Å². The van der Waals surface area contributed by atoms with E-state index in [0.29, 0.717) is 12.2 Å². The van der Waals surface area contributed by atoms with Gasteiger partial charge in [-0.15, -0.1) is 0 Å². The lowest BCUT2D eigenvalue weighted by Crippen LogP contribution is -2.04. The van der Waals surface area contributed by atoms with E-state index in [1.165, 1.54) is 0 Å². The fourth-order valence-corrected chi connectivity index (χ4v) is 1.07. The van der Waals surface area contributed by atoms with Crippen LogP contribution in [0.15, 0.2) is 36.5 Å². The Balaban J connectivity index is 3.71. The van der Waals surface area contributed by atoms with Gasteiger partial charge in [0.05, 0.1) is 6.61 Å². The number of carbonyl (C=O) groups is 1. The molecule has 0 heterocycles. The van der Waals surface area contributed by atoms with Gasteiger partial charge in [-0.3, -0.25) is 0 Å². The highest BCUT2D eigenvalue weighted by Gasteiger charge is 2.02. The number of hydrogen-bond acceptors (Lipinski definition) is 2. The predicted molar refractivity (Wildman–Crippen MR) is 63.6 cm³/mol. The number of unbranched alkanes of at least 4 members (excludes halogenated alkanes) is 2. The maximum Gasteiger partial charge on any atom is 0.333 e. The summed E-state index contributed by atoms with van der Waals surface area (Å²) in [5, 5.41) is 0. The molecule has 0 aromatic heterocycles. The van der Waals surface area contributed by atoms with Crippen LogP contribution in [0.2, 0.25) is 0 Å². The largest absolute Gasteiger partial charge is 0.463 e. The molecule has 0 rings (SSSR count). The van der Waals surface area contributed by atoms with Crippen molar-refractivity contribution in [3.05, 3.63) is 36.5 Å². The van der Waals surface area contributed by atoms with Gasteiger partial charge in [-0.25, -0.2) is 4.79 Å². The first kappa shape index (κ1) is 13.7. The number of carbonyl (C=O) groups excluding carboxylic acids is 1. The summed E-state index contributed by atoms with van der Waals surface area (Å²) in [6, 6.07) is 0. The zero-order valence-corrected chi connectivity index (χ0v) is 9.66.